The van der Waals surface area contributed by atoms with Gasteiger partial charge in [0.1, 0.15) is 6.04 Å². The van der Waals surface area contributed by atoms with Gasteiger partial charge in [0.2, 0.25) is 5.91 Å². The number of hydrogen-bond acceptors (Lipinski definition) is 3. The van der Waals surface area contributed by atoms with E-state index in [1.807, 2.05) is 0 Å². The Morgan fingerprint density at radius 1 is 0.826 bits per heavy atom. The average Bonchev–Trinajstić information content (AvgIpc) is 2.49. The Labute approximate surface area is 138 Å². The van der Waals surface area contributed by atoms with Crippen molar-refractivity contribution in [2.24, 2.45) is 0 Å². The van der Waals surface area contributed by atoms with Gasteiger partial charge in [-0.1, -0.05) is 58.3 Å². The highest BCUT2D eigenvalue weighted by molar-refractivity contribution is 5.83. The number of carbonyl (C=O) groups excluding carboxylic acids is 1. The third kappa shape index (κ3) is 13.8. The zero-order valence-electron chi connectivity index (χ0n) is 14.2. The minimum Gasteiger partial charge on any atom is -0.481 e. The third-order valence-corrected chi connectivity index (χ3v) is 3.79. The zero-order valence-corrected chi connectivity index (χ0v) is 14.2. The summed E-state index contributed by atoms with van der Waals surface area (Å²) in [7, 11) is 0. The van der Waals surface area contributed by atoms with Gasteiger partial charge < -0.3 is 15.5 Å². The van der Waals surface area contributed by atoms with Gasteiger partial charge in [-0.15, -0.1) is 0 Å². The zero-order chi connectivity index (χ0) is 17.5. The molecule has 6 heteroatoms. The minimum atomic E-state index is -1.19. The molecule has 0 rings (SSSR count). The number of hydrogen-bond donors (Lipinski definition) is 3. The summed E-state index contributed by atoms with van der Waals surface area (Å²) in [6.45, 7) is 2.20. The maximum Gasteiger partial charge on any atom is 0.326 e. The predicted octanol–water partition coefficient (Wildman–Crippen LogP) is 3.34. The van der Waals surface area contributed by atoms with Gasteiger partial charge in [0.05, 0.1) is 0 Å². The lowest BCUT2D eigenvalue weighted by Crippen LogP contribution is -2.41. The van der Waals surface area contributed by atoms with Gasteiger partial charge in [-0.3, -0.25) is 9.59 Å². The second kappa shape index (κ2) is 14.0. The van der Waals surface area contributed by atoms with Crippen LogP contribution >= 0.6 is 0 Å². The first-order valence-corrected chi connectivity index (χ1v) is 8.71. The maximum atomic E-state index is 11.7. The van der Waals surface area contributed by atoms with Gasteiger partial charge >= 0.3 is 11.9 Å². The summed E-state index contributed by atoms with van der Waals surface area (Å²) < 4.78 is 0. The van der Waals surface area contributed by atoms with Crippen LogP contribution in [0.15, 0.2) is 0 Å². The summed E-state index contributed by atoms with van der Waals surface area (Å²) in [5.74, 6) is -2.57. The summed E-state index contributed by atoms with van der Waals surface area (Å²) in [5.41, 5.74) is 0. The second-order valence-electron chi connectivity index (χ2n) is 5.97. The molecule has 0 aromatic heterocycles. The van der Waals surface area contributed by atoms with Crippen molar-refractivity contribution in [3.63, 3.8) is 0 Å². The van der Waals surface area contributed by atoms with Crippen LogP contribution in [0.1, 0.15) is 84.0 Å². The molecule has 3 N–H and O–H groups in total. The van der Waals surface area contributed by atoms with Crippen LogP contribution in [0.5, 0.6) is 0 Å². The van der Waals surface area contributed by atoms with Gasteiger partial charge in [0, 0.05) is 12.8 Å². The van der Waals surface area contributed by atoms with Crippen molar-refractivity contribution in [2.75, 3.05) is 0 Å². The Hall–Kier alpha value is -1.59. The van der Waals surface area contributed by atoms with E-state index in [1.54, 1.807) is 0 Å². The van der Waals surface area contributed by atoms with Crippen molar-refractivity contribution in [3.8, 4) is 0 Å². The first-order valence-electron chi connectivity index (χ1n) is 8.71. The highest BCUT2D eigenvalue weighted by Crippen LogP contribution is 2.10. The number of carboxylic acids is 2. The van der Waals surface area contributed by atoms with Crippen LogP contribution in [0.25, 0.3) is 0 Å². The number of nitrogens with one attached hydrogen (secondary N) is 1. The van der Waals surface area contributed by atoms with Crippen LogP contribution in [-0.2, 0) is 14.4 Å². The molecule has 1 unspecified atom stereocenters. The van der Waals surface area contributed by atoms with E-state index in [2.05, 4.69) is 12.2 Å². The lowest BCUT2D eigenvalue weighted by atomic mass is 10.1. The van der Waals surface area contributed by atoms with Crippen molar-refractivity contribution in [1.82, 2.24) is 5.32 Å². The summed E-state index contributed by atoms with van der Waals surface area (Å²) in [6.07, 6.45) is 10.3. The fraction of sp³-hybridized carbons (Fsp3) is 0.824. The van der Waals surface area contributed by atoms with Gasteiger partial charge in [-0.2, -0.15) is 0 Å². The monoisotopic (exact) mass is 329 g/mol. The van der Waals surface area contributed by atoms with Crippen molar-refractivity contribution in [1.29, 1.82) is 0 Å². The molecule has 0 aliphatic carbocycles. The molecule has 0 aromatic carbocycles. The molecular formula is C17H31NO5. The molecule has 0 aliphatic rings. The molecule has 0 spiro atoms. The Bertz CT molecular complexity index is 357. The van der Waals surface area contributed by atoms with Crippen molar-refractivity contribution < 1.29 is 24.6 Å². The predicted molar refractivity (Wildman–Crippen MR) is 88.3 cm³/mol. The molecule has 0 aliphatic heterocycles. The van der Waals surface area contributed by atoms with Crippen LogP contribution in [0, 0.1) is 0 Å². The van der Waals surface area contributed by atoms with E-state index in [1.165, 1.54) is 38.5 Å². The second-order valence-corrected chi connectivity index (χ2v) is 5.97. The quantitative estimate of drug-likeness (QED) is 0.400. The van der Waals surface area contributed by atoms with Crippen LogP contribution in [0.4, 0.5) is 0 Å². The van der Waals surface area contributed by atoms with E-state index in [4.69, 9.17) is 10.2 Å². The molecule has 0 heterocycles. The molecule has 134 valence electrons. The lowest BCUT2D eigenvalue weighted by Gasteiger charge is -2.13. The van der Waals surface area contributed by atoms with Crippen molar-refractivity contribution in [3.05, 3.63) is 0 Å². The fourth-order valence-corrected chi connectivity index (χ4v) is 2.39. The van der Waals surface area contributed by atoms with Crippen LogP contribution in [0.2, 0.25) is 0 Å². The van der Waals surface area contributed by atoms with Gasteiger partial charge in [-0.05, 0) is 12.8 Å². The Kier molecular flexibility index (Phi) is 13.1. The fourth-order valence-electron chi connectivity index (χ4n) is 2.39. The molecule has 1 atom stereocenters. The highest BCUT2D eigenvalue weighted by Gasteiger charge is 2.20. The largest absolute Gasteiger partial charge is 0.481 e. The van der Waals surface area contributed by atoms with Gasteiger partial charge in [-0.25, -0.2) is 4.79 Å². The molecule has 1 amide bonds. The number of carboxylic acid groups (broad SMARTS) is 2. The summed E-state index contributed by atoms with van der Waals surface area (Å²) in [6, 6.07) is -1.11. The number of unbranched alkanes of at least 4 members (excludes halogenated alkanes) is 8. The number of amides is 1. The standard InChI is InChI=1S/C17H31NO5/c1-2-3-4-5-6-7-8-9-10-11-15(19)18-14(17(22)23)12-13-16(20)21/h14H,2-13H2,1H3,(H,18,19)(H,20,21)(H,22,23). The van der Waals surface area contributed by atoms with Crippen molar-refractivity contribution in [2.45, 2.75) is 90.0 Å². The summed E-state index contributed by atoms with van der Waals surface area (Å²) in [5, 5.41) is 19.9. The average molecular weight is 329 g/mol. The van der Waals surface area contributed by atoms with Gasteiger partial charge in [0.25, 0.3) is 0 Å². The Balaban J connectivity index is 3.67. The number of rotatable bonds is 15. The molecule has 0 saturated heterocycles. The molecular weight excluding hydrogens is 298 g/mol. The number of carbonyl (C=O) groups is 3. The summed E-state index contributed by atoms with van der Waals surface area (Å²) in [4.78, 5) is 33.1. The van der Waals surface area contributed by atoms with E-state index >= 15 is 0 Å². The SMILES string of the molecule is CCCCCCCCCCCC(=O)NC(CCC(=O)O)C(=O)O. The minimum absolute atomic E-state index is 0.0891. The van der Waals surface area contributed by atoms with E-state index < -0.39 is 18.0 Å². The molecule has 0 radical (unpaired) electrons. The first-order chi connectivity index (χ1) is 11.0. The molecule has 0 saturated carbocycles. The van der Waals surface area contributed by atoms with Crippen molar-refractivity contribution >= 4 is 17.8 Å². The molecule has 23 heavy (non-hydrogen) atoms. The van der Waals surface area contributed by atoms with E-state index in [9.17, 15) is 14.4 Å². The lowest BCUT2D eigenvalue weighted by molar-refractivity contribution is -0.143. The highest BCUT2D eigenvalue weighted by atomic mass is 16.4. The summed E-state index contributed by atoms with van der Waals surface area (Å²) >= 11 is 0. The third-order valence-electron chi connectivity index (χ3n) is 3.79. The van der Waals surface area contributed by atoms with Crippen LogP contribution < -0.4 is 5.32 Å². The smallest absolute Gasteiger partial charge is 0.326 e. The Morgan fingerprint density at radius 3 is 1.83 bits per heavy atom. The van der Waals surface area contributed by atoms with Crippen LogP contribution in [0.3, 0.4) is 0 Å². The molecule has 0 fully saturated rings. The van der Waals surface area contributed by atoms with E-state index in [-0.39, 0.29) is 18.7 Å². The van der Waals surface area contributed by atoms with Gasteiger partial charge in [0.15, 0.2) is 0 Å². The Morgan fingerprint density at radius 2 is 1.35 bits per heavy atom. The van der Waals surface area contributed by atoms with E-state index in [0.717, 1.165) is 19.3 Å². The number of aliphatic carboxylic acids is 2. The first kappa shape index (κ1) is 21.4. The normalized spacial score (nSPS) is 11.9. The van der Waals surface area contributed by atoms with E-state index in [0.29, 0.717) is 6.42 Å². The molecule has 0 bridgehead atoms. The molecule has 0 aromatic rings. The maximum absolute atomic E-state index is 11.7. The van der Waals surface area contributed by atoms with Crippen LogP contribution in [-0.4, -0.2) is 34.1 Å². The topological polar surface area (TPSA) is 104 Å². The molecule has 6 nitrogen and oxygen atoms in total.